The van der Waals surface area contributed by atoms with Crippen LogP contribution < -0.4 is 4.90 Å². The molecule has 62 heavy (non-hydrogen) atoms. The van der Waals surface area contributed by atoms with Gasteiger partial charge in [0.05, 0.1) is 11.2 Å². The third kappa shape index (κ3) is 7.33. The molecular formula is C60H46N2. The van der Waals surface area contributed by atoms with E-state index >= 15 is 0 Å². The molecule has 0 radical (unpaired) electrons. The van der Waals surface area contributed by atoms with Crippen LogP contribution in [0.3, 0.4) is 0 Å². The van der Waals surface area contributed by atoms with Crippen LogP contribution in [0.15, 0.2) is 243 Å². The summed E-state index contributed by atoms with van der Waals surface area (Å²) in [6, 6.07) is 79.2. The van der Waals surface area contributed by atoms with Crippen molar-refractivity contribution in [3.05, 3.63) is 248 Å². The number of hydrogen-bond donors (Lipinski definition) is 0. The molecule has 0 bridgehead atoms. The Morgan fingerprint density at radius 1 is 0.403 bits per heavy atom. The number of nitrogens with zero attached hydrogens (tertiary/aromatic N) is 2. The first kappa shape index (κ1) is 38.3. The predicted molar refractivity (Wildman–Crippen MR) is 265 cm³/mol. The van der Waals surface area contributed by atoms with Crippen molar-refractivity contribution < 1.29 is 0 Å². The SMILES string of the molecule is C/C=C\C(=C/C)c1ccc(N(c2ccc(-c3ccccc3)cc2)c2ccc(-c3ccc(-c4c(-c5ccc6ccccc6c5)c(-c5ccccc5)c5ccccn45)cc3)cc2)cc1. The van der Waals surface area contributed by atoms with Crippen LogP contribution >= 0.6 is 0 Å². The molecule has 2 nitrogen and oxygen atoms in total. The number of hydrogen-bond acceptors (Lipinski definition) is 1. The second-order valence-electron chi connectivity index (χ2n) is 15.6. The number of anilines is 3. The lowest BCUT2D eigenvalue weighted by Gasteiger charge is -2.26. The van der Waals surface area contributed by atoms with Gasteiger partial charge in [-0.25, -0.2) is 0 Å². The van der Waals surface area contributed by atoms with Gasteiger partial charge in [-0.1, -0.05) is 182 Å². The maximum atomic E-state index is 2.37. The van der Waals surface area contributed by atoms with Gasteiger partial charge in [-0.05, 0) is 129 Å². The maximum Gasteiger partial charge on any atom is 0.0613 e. The fourth-order valence-corrected chi connectivity index (χ4v) is 8.86. The lowest BCUT2D eigenvalue weighted by Crippen LogP contribution is -2.09. The van der Waals surface area contributed by atoms with Crippen molar-refractivity contribution in [1.29, 1.82) is 0 Å². The summed E-state index contributed by atoms with van der Waals surface area (Å²) in [6.45, 7) is 4.15. The molecule has 2 aromatic heterocycles. The normalized spacial score (nSPS) is 11.7. The average molecular weight is 795 g/mol. The van der Waals surface area contributed by atoms with Crippen LogP contribution in [0.4, 0.5) is 17.1 Å². The monoisotopic (exact) mass is 794 g/mol. The molecule has 0 aliphatic rings. The van der Waals surface area contributed by atoms with E-state index in [0.717, 1.165) is 17.1 Å². The Kier molecular flexibility index (Phi) is 10.5. The zero-order valence-corrected chi connectivity index (χ0v) is 35.0. The van der Waals surface area contributed by atoms with Crippen LogP contribution in [-0.2, 0) is 0 Å². The number of rotatable bonds is 10. The maximum absolute atomic E-state index is 2.37. The van der Waals surface area contributed by atoms with Crippen LogP contribution in [0, 0.1) is 0 Å². The number of aromatic nitrogens is 1. The van der Waals surface area contributed by atoms with E-state index in [9.17, 15) is 0 Å². The molecule has 0 atom stereocenters. The largest absolute Gasteiger partial charge is 0.315 e. The molecule has 0 amide bonds. The van der Waals surface area contributed by atoms with Crippen molar-refractivity contribution in [2.75, 3.05) is 4.90 Å². The minimum absolute atomic E-state index is 1.10. The molecule has 8 aromatic carbocycles. The fraction of sp³-hybridized carbons (Fsp3) is 0.0333. The van der Waals surface area contributed by atoms with E-state index in [1.54, 1.807) is 0 Å². The summed E-state index contributed by atoms with van der Waals surface area (Å²) in [5.74, 6) is 0. The van der Waals surface area contributed by atoms with Crippen LogP contribution in [0.1, 0.15) is 19.4 Å². The molecule has 0 unspecified atom stereocenters. The number of allylic oxidation sites excluding steroid dienone is 4. The van der Waals surface area contributed by atoms with Gasteiger partial charge in [0, 0.05) is 34.4 Å². The first-order valence-corrected chi connectivity index (χ1v) is 21.4. The van der Waals surface area contributed by atoms with Gasteiger partial charge in [-0.2, -0.15) is 0 Å². The van der Waals surface area contributed by atoms with E-state index in [-0.39, 0.29) is 0 Å². The lowest BCUT2D eigenvalue weighted by atomic mass is 9.91. The van der Waals surface area contributed by atoms with Gasteiger partial charge in [0.2, 0.25) is 0 Å². The van der Waals surface area contributed by atoms with Gasteiger partial charge in [0.25, 0.3) is 0 Å². The summed E-state index contributed by atoms with van der Waals surface area (Å²) >= 11 is 0. The van der Waals surface area contributed by atoms with E-state index in [2.05, 4.69) is 266 Å². The number of fused-ring (bicyclic) bond motifs is 2. The van der Waals surface area contributed by atoms with Crippen molar-refractivity contribution in [3.63, 3.8) is 0 Å². The van der Waals surface area contributed by atoms with Crippen molar-refractivity contribution >= 4 is 38.9 Å². The second-order valence-corrected chi connectivity index (χ2v) is 15.6. The molecule has 0 saturated carbocycles. The van der Waals surface area contributed by atoms with E-state index in [1.807, 2.05) is 0 Å². The highest BCUT2D eigenvalue weighted by molar-refractivity contribution is 6.04. The van der Waals surface area contributed by atoms with Gasteiger partial charge < -0.3 is 9.30 Å². The van der Waals surface area contributed by atoms with E-state index in [1.165, 1.54) is 83.2 Å². The zero-order valence-electron chi connectivity index (χ0n) is 35.0. The third-order valence-electron chi connectivity index (χ3n) is 11.9. The highest BCUT2D eigenvalue weighted by Gasteiger charge is 2.22. The number of pyridine rings is 1. The Bertz CT molecular complexity index is 3190. The number of benzene rings is 8. The first-order valence-electron chi connectivity index (χ1n) is 21.4. The molecule has 0 aliphatic carbocycles. The topological polar surface area (TPSA) is 7.65 Å². The highest BCUT2D eigenvalue weighted by atomic mass is 15.1. The van der Waals surface area contributed by atoms with Gasteiger partial charge in [0.15, 0.2) is 0 Å². The van der Waals surface area contributed by atoms with Crippen molar-refractivity contribution in [3.8, 4) is 55.8 Å². The van der Waals surface area contributed by atoms with E-state index in [4.69, 9.17) is 0 Å². The molecule has 2 heteroatoms. The minimum Gasteiger partial charge on any atom is -0.315 e. The predicted octanol–water partition coefficient (Wildman–Crippen LogP) is 16.9. The average Bonchev–Trinajstić information content (AvgIpc) is 3.70. The molecule has 0 fully saturated rings. The smallest absolute Gasteiger partial charge is 0.0613 e. The van der Waals surface area contributed by atoms with Gasteiger partial charge in [0.1, 0.15) is 0 Å². The Morgan fingerprint density at radius 2 is 0.887 bits per heavy atom. The lowest BCUT2D eigenvalue weighted by molar-refractivity contribution is 1.20. The Balaban J connectivity index is 1.03. The second kappa shape index (κ2) is 17.0. The third-order valence-corrected chi connectivity index (χ3v) is 11.9. The summed E-state index contributed by atoms with van der Waals surface area (Å²) in [5, 5.41) is 2.47. The summed E-state index contributed by atoms with van der Waals surface area (Å²) in [5.41, 5.74) is 18.9. The highest BCUT2D eigenvalue weighted by Crippen LogP contribution is 2.46. The quantitative estimate of drug-likeness (QED) is 0.125. The minimum atomic E-state index is 1.10. The van der Waals surface area contributed by atoms with Crippen LogP contribution in [0.25, 0.3) is 77.6 Å². The molecule has 296 valence electrons. The zero-order chi connectivity index (χ0) is 41.8. The Morgan fingerprint density at radius 3 is 1.48 bits per heavy atom. The Labute approximate surface area is 364 Å². The Hall–Kier alpha value is -7.94. The molecule has 0 spiro atoms. The van der Waals surface area contributed by atoms with Crippen molar-refractivity contribution in [2.24, 2.45) is 0 Å². The summed E-state index contributed by atoms with van der Waals surface area (Å²) in [6.07, 6.45) is 8.61. The molecule has 0 aliphatic heterocycles. The summed E-state index contributed by atoms with van der Waals surface area (Å²) in [4.78, 5) is 2.34. The molecule has 2 heterocycles. The first-order chi connectivity index (χ1) is 30.7. The standard InChI is InChI=1S/C60H46N2/c1-3-15-43(4-2)46-29-35-54(36-30-46)62(55-37-31-48(32-38-55)44-16-7-5-8-17-44)56-39-33-49(34-40-56)47-23-26-51(27-24-47)60-59(53-28-25-45-18-11-12-21-52(45)42-53)58(50-19-9-6-10-20-50)57-22-13-14-41-61(57)60/h3-42H,1-2H3/b15-3-,43-4+. The van der Waals surface area contributed by atoms with Crippen molar-refractivity contribution in [2.45, 2.75) is 13.8 Å². The van der Waals surface area contributed by atoms with Crippen LogP contribution in [0.2, 0.25) is 0 Å². The molecule has 10 rings (SSSR count). The molecule has 0 N–H and O–H groups in total. The van der Waals surface area contributed by atoms with Gasteiger partial charge in [-0.15, -0.1) is 0 Å². The molecule has 10 aromatic rings. The molecule has 0 saturated heterocycles. The van der Waals surface area contributed by atoms with E-state index in [0.29, 0.717) is 0 Å². The van der Waals surface area contributed by atoms with Crippen LogP contribution in [-0.4, -0.2) is 4.40 Å². The molecular weight excluding hydrogens is 749 g/mol. The summed E-state index contributed by atoms with van der Waals surface area (Å²) in [7, 11) is 0. The van der Waals surface area contributed by atoms with E-state index < -0.39 is 0 Å². The van der Waals surface area contributed by atoms with Gasteiger partial charge >= 0.3 is 0 Å². The summed E-state index contributed by atoms with van der Waals surface area (Å²) < 4.78 is 2.37. The fourth-order valence-electron chi connectivity index (χ4n) is 8.86. The van der Waals surface area contributed by atoms with Gasteiger partial charge in [-0.3, -0.25) is 0 Å². The van der Waals surface area contributed by atoms with Crippen molar-refractivity contribution in [1.82, 2.24) is 4.40 Å². The van der Waals surface area contributed by atoms with Crippen LogP contribution in [0.5, 0.6) is 0 Å².